The SMILES string of the molecule is CC(=O)NC(C(C)C)C(O)C(=O)OC1CC2(O)C(OC(=O)c3ccccc3)C3[C@]4(O)COC4CC(O)[C@@]3(C)C(=O)C(O)C(=C1C)C2(C)C. The van der Waals surface area contributed by atoms with Gasteiger partial charge in [-0.15, -0.1) is 0 Å². The van der Waals surface area contributed by atoms with Gasteiger partial charge in [-0.2, -0.15) is 0 Å². The van der Waals surface area contributed by atoms with Crippen molar-refractivity contribution in [3.8, 4) is 0 Å². The number of fused-ring (bicyclic) bond motifs is 5. The highest BCUT2D eigenvalue weighted by Gasteiger charge is 2.76. The molecule has 0 aromatic heterocycles. The lowest BCUT2D eigenvalue weighted by Crippen LogP contribution is -2.81. The first-order valence-electron chi connectivity index (χ1n) is 16.3. The number of esters is 2. The molecule has 6 N–H and O–H groups in total. The Morgan fingerprint density at radius 2 is 1.67 bits per heavy atom. The van der Waals surface area contributed by atoms with Crippen LogP contribution in [0.5, 0.6) is 0 Å². The first kappa shape index (κ1) is 36.1. The topological polar surface area (TPSA) is 209 Å². The summed E-state index contributed by atoms with van der Waals surface area (Å²) in [5.74, 6) is -5.24. The molecule has 0 radical (unpaired) electrons. The molecule has 13 heteroatoms. The van der Waals surface area contributed by atoms with Crippen LogP contribution in [0.15, 0.2) is 41.5 Å². The van der Waals surface area contributed by atoms with Crippen molar-refractivity contribution < 1.29 is 58.9 Å². The molecule has 3 aliphatic carbocycles. The van der Waals surface area contributed by atoms with Crippen LogP contribution in [0.3, 0.4) is 0 Å². The Bertz CT molecular complexity index is 1510. The maximum absolute atomic E-state index is 14.5. The molecule has 4 aliphatic rings. The molecule has 9 unspecified atom stereocenters. The molecule has 1 aromatic carbocycles. The molecule has 264 valence electrons. The third-order valence-electron chi connectivity index (χ3n) is 11.5. The second kappa shape index (κ2) is 12.3. The number of nitrogens with one attached hydrogen (secondary N) is 1. The van der Waals surface area contributed by atoms with Crippen molar-refractivity contribution in [1.82, 2.24) is 5.32 Å². The van der Waals surface area contributed by atoms with Crippen LogP contribution in [0.1, 0.15) is 71.7 Å². The number of ketones is 1. The van der Waals surface area contributed by atoms with Gasteiger partial charge in [0.1, 0.15) is 29.5 Å². The third-order valence-corrected chi connectivity index (χ3v) is 11.5. The monoisotopic (exact) mass is 673 g/mol. The van der Waals surface area contributed by atoms with Crippen LogP contribution in [0.4, 0.5) is 0 Å². The summed E-state index contributed by atoms with van der Waals surface area (Å²) in [4.78, 5) is 53.6. The summed E-state index contributed by atoms with van der Waals surface area (Å²) in [6.07, 6.45) is -9.85. The molecule has 0 spiro atoms. The molecule has 1 saturated heterocycles. The lowest BCUT2D eigenvalue weighted by atomic mass is 9.44. The van der Waals surface area contributed by atoms with Crippen molar-refractivity contribution in [2.24, 2.45) is 22.7 Å². The minimum atomic E-state index is -2.25. The standard InChI is InChI=1S/C35H47NO12/c1-16(2)24(36-18(4)37)26(40)31(43)47-20-14-35(45)29(48-30(42)19-11-9-8-10-12-19)27-33(7,21(38)13-22-34(27,44)15-46-22)28(41)25(39)23(17(20)3)32(35,5)6/h8-12,16,20-22,24-27,29,38-40,44-45H,13-15H2,1-7H3,(H,36,37)/t20?,21?,22?,24?,25?,26?,27?,29?,33-,34+,35?/m1/s1. The quantitative estimate of drug-likeness (QED) is 0.174. The number of amides is 1. The van der Waals surface area contributed by atoms with Gasteiger partial charge >= 0.3 is 11.9 Å². The van der Waals surface area contributed by atoms with Crippen LogP contribution >= 0.6 is 0 Å². The number of carbonyl (C=O) groups is 4. The molecule has 3 fully saturated rings. The van der Waals surface area contributed by atoms with Gasteiger partial charge in [0, 0.05) is 31.1 Å². The summed E-state index contributed by atoms with van der Waals surface area (Å²) >= 11 is 0. The number of hydrogen-bond donors (Lipinski definition) is 6. The predicted molar refractivity (Wildman–Crippen MR) is 168 cm³/mol. The van der Waals surface area contributed by atoms with Crippen LogP contribution in [0.2, 0.25) is 0 Å². The zero-order chi connectivity index (χ0) is 35.7. The van der Waals surface area contributed by atoms with E-state index in [9.17, 15) is 44.7 Å². The van der Waals surface area contributed by atoms with Gasteiger partial charge in [-0.3, -0.25) is 9.59 Å². The highest BCUT2D eigenvalue weighted by atomic mass is 16.6. The van der Waals surface area contributed by atoms with E-state index in [0.717, 1.165) is 0 Å². The second-order valence-corrected chi connectivity index (χ2v) is 15.0. The van der Waals surface area contributed by atoms with Crippen LogP contribution in [-0.4, -0.2) is 110 Å². The fourth-order valence-corrected chi connectivity index (χ4v) is 8.58. The number of hydrogen-bond acceptors (Lipinski definition) is 12. The van der Waals surface area contributed by atoms with Crippen molar-refractivity contribution in [1.29, 1.82) is 0 Å². The number of rotatable bonds is 7. The Hall–Kier alpha value is -3.20. The Balaban J connectivity index is 1.68. The normalized spacial score (nSPS) is 38.3. The molecular weight excluding hydrogens is 626 g/mol. The van der Waals surface area contributed by atoms with Crippen molar-refractivity contribution in [3.63, 3.8) is 0 Å². The molecule has 48 heavy (non-hydrogen) atoms. The average molecular weight is 674 g/mol. The number of aliphatic hydroxyl groups excluding tert-OH is 3. The van der Waals surface area contributed by atoms with Crippen LogP contribution in [0, 0.1) is 22.7 Å². The third kappa shape index (κ3) is 5.30. The van der Waals surface area contributed by atoms with Gasteiger partial charge in [0.2, 0.25) is 5.91 Å². The minimum Gasteiger partial charge on any atom is -0.456 e. The van der Waals surface area contributed by atoms with Gasteiger partial charge in [0.05, 0.1) is 35.8 Å². The van der Waals surface area contributed by atoms with E-state index in [1.54, 1.807) is 45.9 Å². The smallest absolute Gasteiger partial charge is 0.338 e. The second-order valence-electron chi connectivity index (χ2n) is 15.0. The first-order chi connectivity index (χ1) is 22.2. The zero-order valence-electron chi connectivity index (χ0n) is 28.3. The van der Waals surface area contributed by atoms with E-state index < -0.39 is 101 Å². The molecular formula is C35H47NO12. The predicted octanol–water partition coefficient (Wildman–Crippen LogP) is 0.584. The van der Waals surface area contributed by atoms with E-state index in [1.807, 2.05) is 0 Å². The molecule has 1 aromatic rings. The molecule has 13 nitrogen and oxygen atoms in total. The highest BCUT2D eigenvalue weighted by molar-refractivity contribution is 5.94. The Labute approximate surface area is 279 Å². The van der Waals surface area contributed by atoms with Crippen molar-refractivity contribution >= 4 is 23.6 Å². The minimum absolute atomic E-state index is 0.0116. The van der Waals surface area contributed by atoms with E-state index in [-0.39, 0.29) is 35.7 Å². The molecule has 11 atom stereocenters. The maximum Gasteiger partial charge on any atom is 0.338 e. The Kier molecular flexibility index (Phi) is 9.24. The number of Topliss-reactive ketones (excluding diaryl/α,β-unsaturated/α-hetero) is 1. The van der Waals surface area contributed by atoms with Crippen LogP contribution in [0.25, 0.3) is 0 Å². The fraction of sp³-hybridized carbons (Fsp3) is 0.657. The highest BCUT2D eigenvalue weighted by Crippen LogP contribution is 2.63. The van der Waals surface area contributed by atoms with Gasteiger partial charge in [0.15, 0.2) is 11.9 Å². The van der Waals surface area contributed by atoms with Crippen molar-refractivity contribution in [2.75, 3.05) is 6.61 Å². The van der Waals surface area contributed by atoms with Gasteiger partial charge in [-0.1, -0.05) is 45.9 Å². The molecule has 1 heterocycles. The van der Waals surface area contributed by atoms with Crippen LogP contribution < -0.4 is 5.32 Å². The summed E-state index contributed by atoms with van der Waals surface area (Å²) in [6.45, 7) is 10.4. The lowest BCUT2D eigenvalue weighted by Gasteiger charge is -2.66. The van der Waals surface area contributed by atoms with Crippen molar-refractivity contribution in [3.05, 3.63) is 47.0 Å². The number of ether oxygens (including phenoxy) is 3. The fourth-order valence-electron chi connectivity index (χ4n) is 8.58. The Morgan fingerprint density at radius 3 is 2.21 bits per heavy atom. The van der Waals surface area contributed by atoms with E-state index >= 15 is 0 Å². The van der Waals surface area contributed by atoms with E-state index in [2.05, 4.69) is 5.32 Å². The number of carbonyl (C=O) groups excluding carboxylic acids is 4. The van der Waals surface area contributed by atoms with E-state index in [0.29, 0.717) is 0 Å². The molecule has 5 rings (SSSR count). The maximum atomic E-state index is 14.5. The van der Waals surface area contributed by atoms with Gasteiger partial charge in [-0.25, -0.2) is 9.59 Å². The summed E-state index contributed by atoms with van der Waals surface area (Å²) in [7, 11) is 0. The summed E-state index contributed by atoms with van der Waals surface area (Å²) in [5.41, 5.74) is -7.28. The van der Waals surface area contributed by atoms with E-state index in [4.69, 9.17) is 14.2 Å². The van der Waals surface area contributed by atoms with E-state index in [1.165, 1.54) is 32.9 Å². The van der Waals surface area contributed by atoms with Crippen molar-refractivity contribution in [2.45, 2.75) is 115 Å². The summed E-state index contributed by atoms with van der Waals surface area (Å²) in [5, 5.41) is 62.1. The number of benzene rings is 1. The Morgan fingerprint density at radius 1 is 1.04 bits per heavy atom. The molecule has 1 amide bonds. The number of aliphatic hydroxyl groups is 5. The molecule has 2 bridgehead atoms. The van der Waals surface area contributed by atoms with Crippen LogP contribution in [-0.2, 0) is 28.6 Å². The van der Waals surface area contributed by atoms with Gasteiger partial charge < -0.3 is 45.1 Å². The summed E-state index contributed by atoms with van der Waals surface area (Å²) in [6, 6.07) is 6.90. The molecule has 1 aliphatic heterocycles. The van der Waals surface area contributed by atoms with Gasteiger partial charge in [0.25, 0.3) is 0 Å². The van der Waals surface area contributed by atoms with Gasteiger partial charge in [-0.05, 0) is 43.0 Å². The summed E-state index contributed by atoms with van der Waals surface area (Å²) < 4.78 is 17.6. The zero-order valence-corrected chi connectivity index (χ0v) is 28.3. The first-order valence-corrected chi connectivity index (χ1v) is 16.3. The lowest BCUT2D eigenvalue weighted by molar-refractivity contribution is -0.343. The average Bonchev–Trinajstić information content (AvgIpc) is 3.01. The largest absolute Gasteiger partial charge is 0.456 e. The molecule has 2 saturated carbocycles.